The van der Waals surface area contributed by atoms with Gasteiger partial charge in [-0.2, -0.15) is 0 Å². The van der Waals surface area contributed by atoms with Crippen LogP contribution in [0.2, 0.25) is 0 Å². The molecular weight excluding hydrogens is 328 g/mol. The predicted octanol–water partition coefficient (Wildman–Crippen LogP) is 6.35. The molecule has 0 heterocycles. The zero-order valence-electron chi connectivity index (χ0n) is 17.4. The molecule has 0 spiro atoms. The van der Waals surface area contributed by atoms with Crippen molar-refractivity contribution in [2.24, 2.45) is 0 Å². The van der Waals surface area contributed by atoms with Crippen molar-refractivity contribution in [3.8, 4) is 0 Å². The maximum absolute atomic E-state index is 11.5. The molecule has 154 valence electrons. The molecule has 0 atom stereocenters. The van der Waals surface area contributed by atoms with Gasteiger partial charge in [-0.05, 0) is 25.7 Å². The van der Waals surface area contributed by atoms with Gasteiger partial charge in [0.25, 0.3) is 0 Å². The highest BCUT2D eigenvalue weighted by atomic mass is 16.5. The minimum Gasteiger partial charge on any atom is -0.466 e. The van der Waals surface area contributed by atoms with Gasteiger partial charge < -0.3 is 9.47 Å². The number of hydrogen-bond acceptors (Lipinski definition) is 4. The number of hydrogen-bond donors (Lipinski definition) is 0. The molecule has 26 heavy (non-hydrogen) atoms. The Morgan fingerprint density at radius 3 is 1.35 bits per heavy atom. The van der Waals surface area contributed by atoms with Crippen molar-refractivity contribution in [1.29, 1.82) is 0 Å². The number of esters is 2. The van der Waals surface area contributed by atoms with Crippen LogP contribution in [0.5, 0.6) is 0 Å². The quantitative estimate of drug-likeness (QED) is 0.196. The van der Waals surface area contributed by atoms with Crippen molar-refractivity contribution in [1.82, 2.24) is 0 Å². The van der Waals surface area contributed by atoms with Crippen molar-refractivity contribution in [3.05, 3.63) is 0 Å². The summed E-state index contributed by atoms with van der Waals surface area (Å²) >= 11 is 0. The SMILES string of the molecule is CCCCCCC(=O)OCCCCCCCCCCOC(=O)CCCC. The van der Waals surface area contributed by atoms with Crippen molar-refractivity contribution in [2.45, 2.75) is 117 Å². The lowest BCUT2D eigenvalue weighted by Gasteiger charge is -2.06. The molecule has 0 bridgehead atoms. The predicted molar refractivity (Wildman–Crippen MR) is 107 cm³/mol. The highest BCUT2D eigenvalue weighted by Crippen LogP contribution is 2.10. The van der Waals surface area contributed by atoms with Gasteiger partial charge in [0, 0.05) is 12.8 Å². The van der Waals surface area contributed by atoms with Crippen LogP contribution in [0.25, 0.3) is 0 Å². The van der Waals surface area contributed by atoms with E-state index in [2.05, 4.69) is 13.8 Å². The Morgan fingerprint density at radius 2 is 0.885 bits per heavy atom. The van der Waals surface area contributed by atoms with Crippen LogP contribution < -0.4 is 0 Å². The van der Waals surface area contributed by atoms with E-state index in [1.165, 1.54) is 38.5 Å². The van der Waals surface area contributed by atoms with Gasteiger partial charge in [-0.3, -0.25) is 9.59 Å². The third kappa shape index (κ3) is 19.3. The van der Waals surface area contributed by atoms with Crippen LogP contribution in [-0.4, -0.2) is 25.2 Å². The lowest BCUT2D eigenvalue weighted by atomic mass is 10.1. The smallest absolute Gasteiger partial charge is 0.305 e. The van der Waals surface area contributed by atoms with Crippen LogP contribution in [0.3, 0.4) is 0 Å². The van der Waals surface area contributed by atoms with Crippen molar-refractivity contribution in [2.75, 3.05) is 13.2 Å². The Balaban J connectivity index is 3.17. The van der Waals surface area contributed by atoms with Crippen LogP contribution in [0.1, 0.15) is 117 Å². The van der Waals surface area contributed by atoms with Crippen molar-refractivity contribution >= 4 is 11.9 Å². The minimum absolute atomic E-state index is 0.0310. The highest BCUT2D eigenvalue weighted by Gasteiger charge is 2.02. The molecule has 0 aromatic heterocycles. The number of unbranched alkanes of at least 4 members (excludes halogenated alkanes) is 11. The fourth-order valence-electron chi connectivity index (χ4n) is 2.80. The average molecular weight is 371 g/mol. The Labute approximate surface area is 161 Å². The third-order valence-electron chi connectivity index (χ3n) is 4.53. The minimum atomic E-state index is -0.0477. The summed E-state index contributed by atoms with van der Waals surface area (Å²) in [5.41, 5.74) is 0. The summed E-state index contributed by atoms with van der Waals surface area (Å²) in [5, 5.41) is 0. The number of rotatable bonds is 19. The number of carbonyl (C=O) groups is 2. The van der Waals surface area contributed by atoms with E-state index in [9.17, 15) is 9.59 Å². The van der Waals surface area contributed by atoms with Crippen molar-refractivity contribution < 1.29 is 19.1 Å². The molecule has 0 fully saturated rings. The molecule has 0 aliphatic carbocycles. The van der Waals surface area contributed by atoms with Gasteiger partial charge in [-0.25, -0.2) is 0 Å². The summed E-state index contributed by atoms with van der Waals surface area (Å²) in [7, 11) is 0. The second kappa shape index (κ2) is 20.3. The van der Waals surface area contributed by atoms with E-state index < -0.39 is 0 Å². The first-order valence-electron chi connectivity index (χ1n) is 11.0. The van der Waals surface area contributed by atoms with Crippen LogP contribution in [0.4, 0.5) is 0 Å². The van der Waals surface area contributed by atoms with E-state index in [0.717, 1.165) is 51.4 Å². The molecule has 0 radical (unpaired) electrons. The van der Waals surface area contributed by atoms with E-state index in [1.807, 2.05) is 0 Å². The Morgan fingerprint density at radius 1 is 0.500 bits per heavy atom. The Kier molecular flexibility index (Phi) is 19.4. The van der Waals surface area contributed by atoms with E-state index >= 15 is 0 Å². The second-order valence-corrected chi connectivity index (χ2v) is 7.18. The molecular formula is C22H42O4. The van der Waals surface area contributed by atoms with E-state index in [1.54, 1.807) is 0 Å². The first-order chi connectivity index (χ1) is 12.7. The van der Waals surface area contributed by atoms with Gasteiger partial charge in [0.05, 0.1) is 13.2 Å². The lowest BCUT2D eigenvalue weighted by Crippen LogP contribution is -2.05. The van der Waals surface area contributed by atoms with Crippen LogP contribution in [0.15, 0.2) is 0 Å². The fourth-order valence-corrected chi connectivity index (χ4v) is 2.80. The maximum Gasteiger partial charge on any atom is 0.305 e. The number of ether oxygens (including phenoxy) is 2. The summed E-state index contributed by atoms with van der Waals surface area (Å²) in [4.78, 5) is 22.8. The molecule has 0 N–H and O–H groups in total. The van der Waals surface area contributed by atoms with E-state index in [-0.39, 0.29) is 11.9 Å². The van der Waals surface area contributed by atoms with Gasteiger partial charge in [-0.1, -0.05) is 78.1 Å². The summed E-state index contributed by atoms with van der Waals surface area (Å²) in [6.45, 7) is 5.41. The zero-order valence-corrected chi connectivity index (χ0v) is 17.4. The molecule has 0 saturated carbocycles. The lowest BCUT2D eigenvalue weighted by molar-refractivity contribution is -0.144. The van der Waals surface area contributed by atoms with Gasteiger partial charge in [0.15, 0.2) is 0 Å². The van der Waals surface area contributed by atoms with Gasteiger partial charge in [0.2, 0.25) is 0 Å². The van der Waals surface area contributed by atoms with Gasteiger partial charge >= 0.3 is 11.9 Å². The summed E-state index contributed by atoms with van der Waals surface area (Å²) < 4.78 is 10.4. The monoisotopic (exact) mass is 370 g/mol. The number of carbonyl (C=O) groups excluding carboxylic acids is 2. The Hall–Kier alpha value is -1.06. The van der Waals surface area contributed by atoms with E-state index in [0.29, 0.717) is 26.1 Å². The average Bonchev–Trinajstić information content (AvgIpc) is 2.64. The first kappa shape index (κ1) is 24.9. The van der Waals surface area contributed by atoms with Crippen LogP contribution in [0, 0.1) is 0 Å². The van der Waals surface area contributed by atoms with E-state index in [4.69, 9.17) is 9.47 Å². The molecule has 0 aromatic rings. The second-order valence-electron chi connectivity index (χ2n) is 7.18. The summed E-state index contributed by atoms with van der Waals surface area (Å²) in [5.74, 6) is -0.0787. The normalized spacial score (nSPS) is 10.7. The first-order valence-corrected chi connectivity index (χ1v) is 11.0. The molecule has 0 rings (SSSR count). The van der Waals surface area contributed by atoms with Gasteiger partial charge in [0.1, 0.15) is 0 Å². The fraction of sp³-hybridized carbons (Fsp3) is 0.909. The zero-order chi connectivity index (χ0) is 19.3. The van der Waals surface area contributed by atoms with Crippen LogP contribution in [-0.2, 0) is 19.1 Å². The van der Waals surface area contributed by atoms with Crippen LogP contribution >= 0.6 is 0 Å². The third-order valence-corrected chi connectivity index (χ3v) is 4.53. The topological polar surface area (TPSA) is 52.6 Å². The largest absolute Gasteiger partial charge is 0.466 e. The van der Waals surface area contributed by atoms with Crippen molar-refractivity contribution in [3.63, 3.8) is 0 Å². The molecule has 0 aliphatic rings. The molecule has 0 amide bonds. The van der Waals surface area contributed by atoms with Gasteiger partial charge in [-0.15, -0.1) is 0 Å². The molecule has 4 heteroatoms. The summed E-state index contributed by atoms with van der Waals surface area (Å²) in [6, 6.07) is 0. The maximum atomic E-state index is 11.5. The molecule has 0 saturated heterocycles. The standard InChI is InChI=1S/C22H42O4/c1-3-5-7-14-18-22(24)26-20-16-13-11-9-8-10-12-15-19-25-21(23)17-6-4-2/h3-20H2,1-2H3. The highest BCUT2D eigenvalue weighted by molar-refractivity contribution is 5.69. The molecule has 4 nitrogen and oxygen atoms in total. The summed E-state index contributed by atoms with van der Waals surface area (Å²) in [6.07, 6.45) is 16.7. The molecule has 0 unspecified atom stereocenters. The molecule has 0 aliphatic heterocycles. The molecule has 0 aromatic carbocycles. The Bertz CT molecular complexity index is 328.